The van der Waals surface area contributed by atoms with Gasteiger partial charge in [-0.1, -0.05) is 0 Å². The Bertz CT molecular complexity index is 444. The third-order valence-electron chi connectivity index (χ3n) is 2.20. The summed E-state index contributed by atoms with van der Waals surface area (Å²) in [6.45, 7) is -2.11. The Kier molecular flexibility index (Phi) is 6.82. The molecule has 0 bridgehead atoms. The lowest BCUT2D eigenvalue weighted by Gasteiger charge is -2.09. The van der Waals surface area contributed by atoms with Crippen LogP contribution in [-0.2, 0) is 9.53 Å². The molecule has 0 spiro atoms. The number of hydrogen-bond donors (Lipinski definition) is 2. The van der Waals surface area contributed by atoms with Gasteiger partial charge in [0.15, 0.2) is 11.6 Å². The second-order valence-corrected chi connectivity index (χ2v) is 3.74. The molecule has 0 fully saturated rings. The Labute approximate surface area is 114 Å². The molecule has 0 aromatic heterocycles. The minimum absolute atomic E-state index is 0.0280. The van der Waals surface area contributed by atoms with Gasteiger partial charge in [-0.3, -0.25) is 4.79 Å². The quantitative estimate of drug-likeness (QED) is 0.715. The standard InChI is InChI=1S/C12H15F3N2O3/c1-19-5-4-16-7-11(18)17-8-2-3-10(9(13)6-8)20-12(14)15/h2-3,6,12,16H,4-5,7H2,1H3,(H,17,18). The molecule has 0 saturated carbocycles. The van der Waals surface area contributed by atoms with E-state index in [1.807, 2.05) is 0 Å². The Morgan fingerprint density at radius 1 is 1.40 bits per heavy atom. The number of methoxy groups -OCH3 is 1. The van der Waals surface area contributed by atoms with Crippen molar-refractivity contribution in [3.63, 3.8) is 0 Å². The molecular weight excluding hydrogens is 277 g/mol. The molecule has 1 amide bonds. The fourth-order valence-corrected chi connectivity index (χ4v) is 1.35. The van der Waals surface area contributed by atoms with E-state index in [1.165, 1.54) is 13.2 Å². The summed E-state index contributed by atoms with van der Waals surface area (Å²) < 4.78 is 46.0. The highest BCUT2D eigenvalue weighted by molar-refractivity contribution is 5.92. The van der Waals surface area contributed by atoms with Crippen molar-refractivity contribution in [2.24, 2.45) is 0 Å². The Morgan fingerprint density at radius 3 is 2.75 bits per heavy atom. The Morgan fingerprint density at radius 2 is 2.15 bits per heavy atom. The number of halogens is 3. The van der Waals surface area contributed by atoms with E-state index in [1.54, 1.807) is 0 Å². The number of ether oxygens (including phenoxy) is 2. The average molecular weight is 292 g/mol. The number of benzene rings is 1. The van der Waals surface area contributed by atoms with E-state index in [2.05, 4.69) is 15.4 Å². The summed E-state index contributed by atoms with van der Waals surface area (Å²) in [5, 5.41) is 5.22. The maximum Gasteiger partial charge on any atom is 0.387 e. The number of anilines is 1. The van der Waals surface area contributed by atoms with E-state index in [0.29, 0.717) is 13.2 Å². The van der Waals surface area contributed by atoms with E-state index in [9.17, 15) is 18.0 Å². The highest BCUT2D eigenvalue weighted by Gasteiger charge is 2.11. The molecule has 1 rings (SSSR count). The van der Waals surface area contributed by atoms with Gasteiger partial charge in [-0.05, 0) is 12.1 Å². The molecule has 0 aliphatic rings. The molecule has 1 aromatic carbocycles. The second-order valence-electron chi connectivity index (χ2n) is 3.74. The zero-order chi connectivity index (χ0) is 15.0. The SMILES string of the molecule is COCCNCC(=O)Nc1ccc(OC(F)F)c(F)c1. The molecule has 0 atom stereocenters. The highest BCUT2D eigenvalue weighted by atomic mass is 19.3. The summed E-state index contributed by atoms with van der Waals surface area (Å²) in [6, 6.07) is 3.20. The average Bonchev–Trinajstić information content (AvgIpc) is 2.37. The van der Waals surface area contributed by atoms with Crippen LogP contribution in [0.25, 0.3) is 0 Å². The summed E-state index contributed by atoms with van der Waals surface area (Å²) in [5.74, 6) is -1.94. The molecule has 0 aliphatic heterocycles. The summed E-state index contributed by atoms with van der Waals surface area (Å²) >= 11 is 0. The fourth-order valence-electron chi connectivity index (χ4n) is 1.35. The number of rotatable bonds is 8. The highest BCUT2D eigenvalue weighted by Crippen LogP contribution is 2.22. The first-order valence-corrected chi connectivity index (χ1v) is 5.76. The van der Waals surface area contributed by atoms with Crippen LogP contribution in [0.1, 0.15) is 0 Å². The van der Waals surface area contributed by atoms with Crippen molar-refractivity contribution >= 4 is 11.6 Å². The van der Waals surface area contributed by atoms with Crippen molar-refractivity contribution in [2.75, 3.05) is 32.1 Å². The fraction of sp³-hybridized carbons (Fsp3) is 0.417. The van der Waals surface area contributed by atoms with Crippen molar-refractivity contribution < 1.29 is 27.4 Å². The molecule has 2 N–H and O–H groups in total. The second kappa shape index (κ2) is 8.39. The van der Waals surface area contributed by atoms with Gasteiger partial charge in [-0.2, -0.15) is 8.78 Å². The number of nitrogens with one attached hydrogen (secondary N) is 2. The molecule has 0 unspecified atom stereocenters. The first-order chi connectivity index (χ1) is 9.52. The van der Waals surface area contributed by atoms with Crippen LogP contribution < -0.4 is 15.4 Å². The van der Waals surface area contributed by atoms with Gasteiger partial charge in [0.1, 0.15) is 0 Å². The zero-order valence-corrected chi connectivity index (χ0v) is 10.8. The maximum absolute atomic E-state index is 13.4. The van der Waals surface area contributed by atoms with Crippen LogP contribution in [0.2, 0.25) is 0 Å². The number of hydrogen-bond acceptors (Lipinski definition) is 4. The monoisotopic (exact) mass is 292 g/mol. The van der Waals surface area contributed by atoms with Gasteiger partial charge in [0.05, 0.1) is 13.2 Å². The summed E-state index contributed by atoms with van der Waals surface area (Å²) in [7, 11) is 1.54. The summed E-state index contributed by atoms with van der Waals surface area (Å²) in [6.07, 6.45) is 0. The molecule has 0 aliphatic carbocycles. The molecular formula is C12H15F3N2O3. The normalized spacial score (nSPS) is 10.7. The van der Waals surface area contributed by atoms with Gasteiger partial charge in [0.2, 0.25) is 5.91 Å². The van der Waals surface area contributed by atoms with Crippen LogP contribution in [-0.4, -0.2) is 39.3 Å². The van der Waals surface area contributed by atoms with Gasteiger partial charge in [0, 0.05) is 25.4 Å². The first-order valence-electron chi connectivity index (χ1n) is 5.76. The summed E-state index contributed by atoms with van der Waals surface area (Å²) in [5.41, 5.74) is 0.155. The molecule has 0 heterocycles. The van der Waals surface area contributed by atoms with Crippen molar-refractivity contribution in [1.29, 1.82) is 0 Å². The maximum atomic E-state index is 13.4. The largest absolute Gasteiger partial charge is 0.432 e. The number of carbonyl (C=O) groups is 1. The molecule has 20 heavy (non-hydrogen) atoms. The smallest absolute Gasteiger partial charge is 0.387 e. The van der Waals surface area contributed by atoms with E-state index in [-0.39, 0.29) is 18.1 Å². The predicted octanol–water partition coefficient (Wildman–Crippen LogP) is 1.60. The van der Waals surface area contributed by atoms with E-state index in [0.717, 1.165) is 12.1 Å². The van der Waals surface area contributed by atoms with E-state index < -0.39 is 18.2 Å². The lowest BCUT2D eigenvalue weighted by molar-refractivity contribution is -0.115. The van der Waals surface area contributed by atoms with Crippen LogP contribution in [0.3, 0.4) is 0 Å². The molecule has 0 radical (unpaired) electrons. The van der Waals surface area contributed by atoms with Crippen LogP contribution in [0.5, 0.6) is 5.75 Å². The lowest BCUT2D eigenvalue weighted by Crippen LogP contribution is -2.30. The molecule has 1 aromatic rings. The summed E-state index contributed by atoms with van der Waals surface area (Å²) in [4.78, 5) is 11.5. The number of carbonyl (C=O) groups excluding carboxylic acids is 1. The third-order valence-corrected chi connectivity index (χ3v) is 2.20. The predicted molar refractivity (Wildman–Crippen MR) is 66.4 cm³/mol. The number of amides is 1. The minimum Gasteiger partial charge on any atom is -0.432 e. The van der Waals surface area contributed by atoms with Gasteiger partial charge in [-0.15, -0.1) is 0 Å². The molecule has 0 saturated heterocycles. The van der Waals surface area contributed by atoms with Gasteiger partial charge >= 0.3 is 6.61 Å². The Balaban J connectivity index is 2.48. The zero-order valence-electron chi connectivity index (χ0n) is 10.8. The van der Waals surface area contributed by atoms with E-state index >= 15 is 0 Å². The number of alkyl halides is 2. The van der Waals surface area contributed by atoms with Crippen LogP contribution in [0.15, 0.2) is 18.2 Å². The van der Waals surface area contributed by atoms with Crippen molar-refractivity contribution in [1.82, 2.24) is 5.32 Å². The topological polar surface area (TPSA) is 59.6 Å². The van der Waals surface area contributed by atoms with Gasteiger partial charge < -0.3 is 20.1 Å². The van der Waals surface area contributed by atoms with Crippen LogP contribution in [0.4, 0.5) is 18.9 Å². The van der Waals surface area contributed by atoms with Gasteiger partial charge in [0.25, 0.3) is 0 Å². The lowest BCUT2D eigenvalue weighted by atomic mass is 10.3. The van der Waals surface area contributed by atoms with Crippen LogP contribution in [0, 0.1) is 5.82 Å². The van der Waals surface area contributed by atoms with Crippen molar-refractivity contribution in [3.8, 4) is 5.75 Å². The third kappa shape index (κ3) is 5.89. The first kappa shape index (κ1) is 16.3. The Hall–Kier alpha value is -1.80. The molecule has 8 heteroatoms. The molecule has 5 nitrogen and oxygen atoms in total. The van der Waals surface area contributed by atoms with Crippen molar-refractivity contribution in [2.45, 2.75) is 6.61 Å². The molecule has 112 valence electrons. The minimum atomic E-state index is -3.10. The van der Waals surface area contributed by atoms with Crippen LogP contribution >= 0.6 is 0 Å². The van der Waals surface area contributed by atoms with Gasteiger partial charge in [-0.25, -0.2) is 4.39 Å². The van der Waals surface area contributed by atoms with Crippen molar-refractivity contribution in [3.05, 3.63) is 24.0 Å². The van der Waals surface area contributed by atoms with E-state index in [4.69, 9.17) is 4.74 Å².